The van der Waals surface area contributed by atoms with Gasteiger partial charge in [0.15, 0.2) is 0 Å². The Morgan fingerprint density at radius 2 is 1.90 bits per heavy atom. The van der Waals surface area contributed by atoms with E-state index in [1.165, 1.54) is 13.2 Å². The molecule has 1 aromatic heterocycles. The van der Waals surface area contributed by atoms with E-state index in [1.54, 1.807) is 39.0 Å². The highest BCUT2D eigenvalue weighted by atomic mass is 16.6. The molecule has 2 N–H and O–H groups in total. The molecule has 1 aliphatic rings. The van der Waals surface area contributed by atoms with E-state index in [0.29, 0.717) is 11.5 Å². The Balaban J connectivity index is 2.04. The van der Waals surface area contributed by atoms with E-state index in [4.69, 9.17) is 13.9 Å². The van der Waals surface area contributed by atoms with Gasteiger partial charge in [0, 0.05) is 5.56 Å². The van der Waals surface area contributed by atoms with Gasteiger partial charge in [-0.05, 0) is 46.8 Å². The molecule has 29 heavy (non-hydrogen) atoms. The summed E-state index contributed by atoms with van der Waals surface area (Å²) in [5.41, 5.74) is -1.08. The van der Waals surface area contributed by atoms with E-state index < -0.39 is 29.0 Å². The number of methoxy groups -OCH3 is 1. The van der Waals surface area contributed by atoms with Crippen LogP contribution in [0.25, 0.3) is 6.08 Å². The molecule has 1 saturated heterocycles. The normalized spacial score (nSPS) is 30.8. The van der Waals surface area contributed by atoms with Crippen molar-refractivity contribution in [1.29, 1.82) is 0 Å². The third-order valence-corrected chi connectivity index (χ3v) is 5.22. The molecule has 0 radical (unpaired) electrons. The topological polar surface area (TPSA) is 89.1 Å². The van der Waals surface area contributed by atoms with Gasteiger partial charge in [0.2, 0.25) is 0 Å². The molecule has 4 atom stereocenters. The molecule has 158 valence electrons. The highest BCUT2D eigenvalue weighted by Crippen LogP contribution is 2.39. The fraction of sp³-hybridized carbons (Fsp3) is 0.435. The van der Waals surface area contributed by atoms with Gasteiger partial charge in [-0.25, -0.2) is 4.79 Å². The van der Waals surface area contributed by atoms with Crippen LogP contribution in [0.4, 0.5) is 0 Å². The SMILES string of the molecule is COc1cc(=O)oc(\C=C/C=C/C=C\C(C)=C\C2(C)OC(C)C(C)(O)C2O)c1C. The fourth-order valence-electron chi connectivity index (χ4n) is 3.38. The van der Waals surface area contributed by atoms with Crippen molar-refractivity contribution in [3.63, 3.8) is 0 Å². The minimum absolute atomic E-state index is 0.445. The van der Waals surface area contributed by atoms with E-state index in [0.717, 1.165) is 11.1 Å². The minimum Gasteiger partial charge on any atom is -0.496 e. The van der Waals surface area contributed by atoms with Crippen LogP contribution in [0.1, 0.15) is 39.0 Å². The van der Waals surface area contributed by atoms with Gasteiger partial charge < -0.3 is 24.1 Å². The lowest BCUT2D eigenvalue weighted by Gasteiger charge is -2.28. The Bertz CT molecular complexity index is 902. The lowest BCUT2D eigenvalue weighted by Crippen LogP contribution is -2.47. The predicted octanol–water partition coefficient (Wildman–Crippen LogP) is 3.32. The largest absolute Gasteiger partial charge is 0.496 e. The van der Waals surface area contributed by atoms with Crippen molar-refractivity contribution in [3.05, 3.63) is 69.8 Å². The molecule has 6 heteroatoms. The molecule has 0 aromatic carbocycles. The fourth-order valence-corrected chi connectivity index (χ4v) is 3.38. The van der Waals surface area contributed by atoms with Gasteiger partial charge in [0.25, 0.3) is 0 Å². The van der Waals surface area contributed by atoms with Crippen LogP contribution in [0.5, 0.6) is 5.75 Å². The van der Waals surface area contributed by atoms with Crippen molar-refractivity contribution in [3.8, 4) is 5.75 Å². The summed E-state index contributed by atoms with van der Waals surface area (Å²) in [4.78, 5) is 11.5. The number of hydrogen-bond acceptors (Lipinski definition) is 6. The summed E-state index contributed by atoms with van der Waals surface area (Å²) in [5.74, 6) is 0.934. The van der Waals surface area contributed by atoms with E-state index in [-0.39, 0.29) is 0 Å². The summed E-state index contributed by atoms with van der Waals surface area (Å²) in [6.07, 6.45) is 11.1. The Morgan fingerprint density at radius 1 is 1.24 bits per heavy atom. The Hall–Kier alpha value is -2.41. The third-order valence-electron chi connectivity index (χ3n) is 5.22. The summed E-state index contributed by atoms with van der Waals surface area (Å²) in [6.45, 7) is 8.79. The summed E-state index contributed by atoms with van der Waals surface area (Å²) in [6, 6.07) is 1.31. The van der Waals surface area contributed by atoms with Crippen molar-refractivity contribution in [1.82, 2.24) is 0 Å². The van der Waals surface area contributed by atoms with E-state index in [2.05, 4.69) is 0 Å². The van der Waals surface area contributed by atoms with Crippen molar-refractivity contribution >= 4 is 6.08 Å². The van der Waals surface area contributed by atoms with Crippen LogP contribution in [0.15, 0.2) is 57.3 Å². The summed E-state index contributed by atoms with van der Waals surface area (Å²) in [7, 11) is 1.51. The number of allylic oxidation sites excluding steroid dienone is 6. The summed E-state index contributed by atoms with van der Waals surface area (Å²) in [5, 5.41) is 20.8. The van der Waals surface area contributed by atoms with Gasteiger partial charge in [0.1, 0.15) is 28.8 Å². The zero-order chi connectivity index (χ0) is 21.8. The van der Waals surface area contributed by atoms with E-state index in [9.17, 15) is 15.0 Å². The lowest BCUT2D eigenvalue weighted by molar-refractivity contribution is -0.0579. The molecule has 0 spiro atoms. The highest BCUT2D eigenvalue weighted by molar-refractivity contribution is 5.52. The number of aliphatic hydroxyl groups is 2. The average Bonchev–Trinajstić information content (AvgIpc) is 2.79. The molecule has 0 saturated carbocycles. The first kappa shape index (κ1) is 22.9. The number of aliphatic hydroxyl groups excluding tert-OH is 1. The smallest absolute Gasteiger partial charge is 0.339 e. The molecule has 1 fully saturated rings. The summed E-state index contributed by atoms with van der Waals surface area (Å²) >= 11 is 0. The third kappa shape index (κ3) is 5.15. The molecule has 0 amide bonds. The number of rotatable bonds is 6. The summed E-state index contributed by atoms with van der Waals surface area (Å²) < 4.78 is 16.1. The first-order chi connectivity index (χ1) is 13.5. The zero-order valence-corrected chi connectivity index (χ0v) is 17.8. The van der Waals surface area contributed by atoms with Crippen LogP contribution in [-0.2, 0) is 4.74 Å². The second kappa shape index (κ2) is 8.95. The predicted molar refractivity (Wildman–Crippen MR) is 113 cm³/mol. The minimum atomic E-state index is -1.30. The van der Waals surface area contributed by atoms with Gasteiger partial charge >= 0.3 is 5.63 Å². The van der Waals surface area contributed by atoms with Crippen molar-refractivity contribution in [2.45, 2.75) is 58.0 Å². The van der Waals surface area contributed by atoms with Crippen LogP contribution in [0.2, 0.25) is 0 Å². The lowest BCUT2D eigenvalue weighted by atomic mass is 9.86. The van der Waals surface area contributed by atoms with Gasteiger partial charge in [-0.3, -0.25) is 0 Å². The zero-order valence-electron chi connectivity index (χ0n) is 17.8. The number of ether oxygens (including phenoxy) is 2. The van der Waals surface area contributed by atoms with Crippen LogP contribution in [-0.4, -0.2) is 40.7 Å². The Morgan fingerprint density at radius 3 is 2.48 bits per heavy atom. The molecular weight excluding hydrogens is 372 g/mol. The average molecular weight is 402 g/mol. The molecule has 2 heterocycles. The molecule has 0 bridgehead atoms. The maximum Gasteiger partial charge on any atom is 0.339 e. The van der Waals surface area contributed by atoms with E-state index >= 15 is 0 Å². The second-order valence-corrected chi connectivity index (χ2v) is 7.69. The van der Waals surface area contributed by atoms with Crippen molar-refractivity contribution in [2.24, 2.45) is 0 Å². The molecule has 2 rings (SSSR count). The quantitative estimate of drug-likeness (QED) is 0.710. The first-order valence-corrected chi connectivity index (χ1v) is 9.49. The first-order valence-electron chi connectivity index (χ1n) is 9.49. The monoisotopic (exact) mass is 402 g/mol. The van der Waals surface area contributed by atoms with Crippen LogP contribution < -0.4 is 10.4 Å². The van der Waals surface area contributed by atoms with Gasteiger partial charge in [-0.15, -0.1) is 0 Å². The van der Waals surface area contributed by atoms with Crippen molar-refractivity contribution < 1.29 is 24.1 Å². The molecular formula is C23H30O6. The maximum atomic E-state index is 11.5. The molecule has 4 unspecified atom stereocenters. The molecule has 1 aliphatic heterocycles. The Labute approximate surface area is 171 Å². The van der Waals surface area contributed by atoms with Crippen LogP contribution in [0, 0.1) is 6.92 Å². The van der Waals surface area contributed by atoms with Gasteiger partial charge in [0.05, 0.1) is 19.3 Å². The van der Waals surface area contributed by atoms with Crippen LogP contribution >= 0.6 is 0 Å². The molecule has 0 aliphatic carbocycles. The number of hydrogen-bond donors (Lipinski definition) is 2. The van der Waals surface area contributed by atoms with E-state index in [1.807, 2.05) is 38.2 Å². The highest BCUT2D eigenvalue weighted by Gasteiger charge is 2.55. The van der Waals surface area contributed by atoms with Gasteiger partial charge in [-0.1, -0.05) is 36.0 Å². The molecule has 1 aromatic rings. The molecule has 6 nitrogen and oxygen atoms in total. The maximum absolute atomic E-state index is 11.5. The standard InChI is InChI=1S/C23H30O6/c1-15(14-22(4)21(25)23(5,26)17(3)29-22)11-9-7-8-10-12-18-16(2)19(27-6)13-20(24)28-18/h7-14,17,21,25-26H,1-6H3/b8-7+,11-9-,12-10-,15-14+. The van der Waals surface area contributed by atoms with Crippen LogP contribution in [0.3, 0.4) is 0 Å². The Kier molecular flexibility index (Phi) is 7.06. The second-order valence-electron chi connectivity index (χ2n) is 7.69. The van der Waals surface area contributed by atoms with Crippen molar-refractivity contribution in [2.75, 3.05) is 7.11 Å². The van der Waals surface area contributed by atoms with Gasteiger partial charge in [-0.2, -0.15) is 0 Å².